The van der Waals surface area contributed by atoms with Gasteiger partial charge in [0.05, 0.1) is 16.0 Å². The fraction of sp³-hybridized carbons (Fsp3) is 0.579. The van der Waals surface area contributed by atoms with Gasteiger partial charge in [0.1, 0.15) is 5.78 Å². The first-order valence-corrected chi connectivity index (χ1v) is 10.5. The Kier molecular flexibility index (Phi) is 3.35. The van der Waals surface area contributed by atoms with Gasteiger partial charge in [-0.1, -0.05) is 23.9 Å². The molecule has 0 N–H and O–H groups in total. The van der Waals surface area contributed by atoms with Crippen molar-refractivity contribution in [3.63, 3.8) is 0 Å². The van der Waals surface area contributed by atoms with E-state index in [1.807, 2.05) is 6.07 Å². The smallest absolute Gasteiger partial charge is 0.151 e. The summed E-state index contributed by atoms with van der Waals surface area (Å²) in [5.74, 6) is 3.67. The summed E-state index contributed by atoms with van der Waals surface area (Å²) in [6, 6.07) is 8.24. The van der Waals surface area contributed by atoms with Crippen LogP contribution in [0.25, 0.3) is 10.2 Å². The van der Waals surface area contributed by atoms with Crippen LogP contribution in [-0.2, 0) is 4.79 Å². The van der Waals surface area contributed by atoms with Crippen molar-refractivity contribution in [2.45, 2.75) is 42.9 Å². The highest BCUT2D eigenvalue weighted by atomic mass is 32.2. The number of rotatable bonds is 4. The number of Topliss-reactive ketones (excluding diaryl/α,β-unsaturated/α-hetero) is 1. The lowest BCUT2D eigenvalue weighted by Crippen LogP contribution is -2.50. The van der Waals surface area contributed by atoms with Crippen LogP contribution in [0.1, 0.15) is 38.5 Å². The van der Waals surface area contributed by atoms with Crippen molar-refractivity contribution in [2.24, 2.45) is 23.2 Å². The average Bonchev–Trinajstić information content (AvgIpc) is 2.94. The number of thiazole rings is 1. The molecular weight excluding hydrogens is 322 g/mol. The molecule has 0 saturated heterocycles. The third kappa shape index (κ3) is 2.45. The Labute approximate surface area is 145 Å². The molecule has 0 amide bonds. The lowest BCUT2D eigenvalue weighted by molar-refractivity contribution is -0.141. The summed E-state index contributed by atoms with van der Waals surface area (Å²) >= 11 is 3.38. The fourth-order valence-electron chi connectivity index (χ4n) is 5.65. The molecule has 0 spiro atoms. The zero-order valence-corrected chi connectivity index (χ0v) is 14.8. The van der Waals surface area contributed by atoms with Crippen molar-refractivity contribution in [2.75, 3.05) is 5.75 Å². The van der Waals surface area contributed by atoms with Gasteiger partial charge in [-0.15, -0.1) is 11.3 Å². The minimum atomic E-state index is 0.0401. The molecule has 4 aliphatic rings. The van der Waals surface area contributed by atoms with Gasteiger partial charge in [0.15, 0.2) is 4.34 Å². The predicted octanol–water partition coefficient (Wildman–Crippen LogP) is 5.17. The third-order valence-electron chi connectivity index (χ3n) is 6.23. The Bertz CT molecular complexity index is 697. The maximum Gasteiger partial charge on any atom is 0.151 e. The second-order valence-electron chi connectivity index (χ2n) is 7.86. The van der Waals surface area contributed by atoms with Gasteiger partial charge in [-0.3, -0.25) is 4.79 Å². The lowest BCUT2D eigenvalue weighted by atomic mass is 9.48. The molecule has 4 heteroatoms. The van der Waals surface area contributed by atoms with Gasteiger partial charge in [-0.05, 0) is 68.4 Å². The molecule has 1 heterocycles. The molecule has 4 saturated carbocycles. The topological polar surface area (TPSA) is 30.0 Å². The van der Waals surface area contributed by atoms with E-state index in [4.69, 9.17) is 0 Å². The van der Waals surface area contributed by atoms with E-state index in [-0.39, 0.29) is 5.41 Å². The number of ketones is 1. The van der Waals surface area contributed by atoms with Crippen LogP contribution >= 0.6 is 23.1 Å². The number of aromatic nitrogens is 1. The van der Waals surface area contributed by atoms with Crippen LogP contribution in [0.2, 0.25) is 0 Å². The van der Waals surface area contributed by atoms with E-state index < -0.39 is 0 Å². The van der Waals surface area contributed by atoms with Crippen molar-refractivity contribution in [3.8, 4) is 0 Å². The normalized spacial score (nSPS) is 35.0. The number of carbonyl (C=O) groups is 1. The number of carbonyl (C=O) groups excluding carboxylic acids is 1. The van der Waals surface area contributed by atoms with Gasteiger partial charge in [-0.2, -0.15) is 0 Å². The maximum absolute atomic E-state index is 13.0. The number of nitrogens with zero attached hydrogens (tertiary/aromatic N) is 1. The second-order valence-corrected chi connectivity index (χ2v) is 10.1. The summed E-state index contributed by atoms with van der Waals surface area (Å²) in [5, 5.41) is 0. The van der Waals surface area contributed by atoms with Crippen LogP contribution in [0.5, 0.6) is 0 Å². The van der Waals surface area contributed by atoms with E-state index in [0.29, 0.717) is 11.5 Å². The molecule has 6 rings (SSSR count). The van der Waals surface area contributed by atoms with E-state index >= 15 is 0 Å². The summed E-state index contributed by atoms with van der Waals surface area (Å²) in [7, 11) is 0. The van der Waals surface area contributed by atoms with Crippen LogP contribution in [-0.4, -0.2) is 16.5 Å². The number of hydrogen-bond donors (Lipinski definition) is 0. The quantitative estimate of drug-likeness (QED) is 0.717. The Morgan fingerprint density at radius 2 is 1.78 bits per heavy atom. The van der Waals surface area contributed by atoms with Crippen LogP contribution in [0.15, 0.2) is 28.6 Å². The predicted molar refractivity (Wildman–Crippen MR) is 96.0 cm³/mol. The van der Waals surface area contributed by atoms with E-state index in [1.54, 1.807) is 23.1 Å². The first-order valence-electron chi connectivity index (χ1n) is 8.72. The standard InChI is InChI=1S/C19H21NOS2/c21-17(11-22-18-20-15-3-1-2-4-16(15)23-18)19-8-12-5-13(9-19)7-14(6-12)10-19/h1-4,12-14H,5-11H2. The number of benzene rings is 1. The van der Waals surface area contributed by atoms with Crippen molar-refractivity contribution in [1.82, 2.24) is 4.98 Å². The van der Waals surface area contributed by atoms with E-state index in [1.165, 1.54) is 43.2 Å². The summed E-state index contributed by atoms with van der Waals surface area (Å²) < 4.78 is 2.27. The van der Waals surface area contributed by atoms with E-state index in [0.717, 1.165) is 27.6 Å². The minimum Gasteiger partial charge on any atom is -0.298 e. The first-order chi connectivity index (χ1) is 11.2. The minimum absolute atomic E-state index is 0.0401. The lowest BCUT2D eigenvalue weighted by Gasteiger charge is -2.56. The molecule has 0 aliphatic heterocycles. The molecule has 4 aliphatic carbocycles. The Morgan fingerprint density at radius 3 is 2.43 bits per heavy atom. The largest absolute Gasteiger partial charge is 0.298 e. The molecule has 120 valence electrons. The highest BCUT2D eigenvalue weighted by Gasteiger charge is 2.54. The highest BCUT2D eigenvalue weighted by molar-refractivity contribution is 8.01. The van der Waals surface area contributed by atoms with Crippen LogP contribution in [0.4, 0.5) is 0 Å². The van der Waals surface area contributed by atoms with Crippen LogP contribution in [0, 0.1) is 23.2 Å². The molecule has 4 fully saturated rings. The average molecular weight is 344 g/mol. The summed E-state index contributed by atoms with van der Waals surface area (Å²) in [5.41, 5.74) is 1.10. The summed E-state index contributed by atoms with van der Waals surface area (Å²) in [6.45, 7) is 0. The molecule has 2 aromatic rings. The van der Waals surface area contributed by atoms with Crippen molar-refractivity contribution < 1.29 is 4.79 Å². The van der Waals surface area contributed by atoms with E-state index in [2.05, 4.69) is 23.2 Å². The van der Waals surface area contributed by atoms with Crippen molar-refractivity contribution in [1.29, 1.82) is 0 Å². The third-order valence-corrected chi connectivity index (χ3v) is 8.41. The van der Waals surface area contributed by atoms with Crippen LogP contribution < -0.4 is 0 Å². The number of hydrogen-bond acceptors (Lipinski definition) is 4. The molecule has 0 atom stereocenters. The van der Waals surface area contributed by atoms with Crippen LogP contribution in [0.3, 0.4) is 0 Å². The molecule has 1 aromatic heterocycles. The molecule has 23 heavy (non-hydrogen) atoms. The molecule has 1 aromatic carbocycles. The van der Waals surface area contributed by atoms with Crippen molar-refractivity contribution >= 4 is 39.1 Å². The molecule has 0 radical (unpaired) electrons. The number of para-hydroxylation sites is 1. The molecule has 4 bridgehead atoms. The Balaban J connectivity index is 1.31. The van der Waals surface area contributed by atoms with Gasteiger partial charge in [0.2, 0.25) is 0 Å². The fourth-order valence-corrected chi connectivity index (χ4v) is 7.75. The second kappa shape index (κ2) is 5.32. The van der Waals surface area contributed by atoms with Gasteiger partial charge in [0, 0.05) is 5.41 Å². The Morgan fingerprint density at radius 1 is 1.13 bits per heavy atom. The number of fused-ring (bicyclic) bond motifs is 1. The zero-order valence-electron chi connectivity index (χ0n) is 13.2. The monoisotopic (exact) mass is 343 g/mol. The summed E-state index contributed by atoms with van der Waals surface area (Å²) in [6.07, 6.45) is 7.74. The van der Waals surface area contributed by atoms with Gasteiger partial charge >= 0.3 is 0 Å². The maximum atomic E-state index is 13.0. The summed E-state index contributed by atoms with van der Waals surface area (Å²) in [4.78, 5) is 17.7. The highest BCUT2D eigenvalue weighted by Crippen LogP contribution is 2.60. The van der Waals surface area contributed by atoms with Gasteiger partial charge < -0.3 is 0 Å². The van der Waals surface area contributed by atoms with Gasteiger partial charge in [-0.25, -0.2) is 4.98 Å². The SMILES string of the molecule is O=C(CSc1nc2ccccc2s1)C12CC3CC(CC(C3)C1)C2. The first kappa shape index (κ1) is 14.5. The Hall–Kier alpha value is -0.870. The van der Waals surface area contributed by atoms with E-state index in [9.17, 15) is 4.79 Å². The zero-order chi connectivity index (χ0) is 15.4. The molecule has 2 nitrogen and oxygen atoms in total. The van der Waals surface area contributed by atoms with Crippen molar-refractivity contribution in [3.05, 3.63) is 24.3 Å². The molecule has 0 unspecified atom stereocenters. The van der Waals surface area contributed by atoms with Gasteiger partial charge in [0.25, 0.3) is 0 Å². The molecular formula is C19H21NOS2. The number of thioether (sulfide) groups is 1.